The van der Waals surface area contributed by atoms with Gasteiger partial charge in [0.2, 0.25) is 5.91 Å². The van der Waals surface area contributed by atoms with Crippen LogP contribution in [0.25, 0.3) is 10.4 Å². The van der Waals surface area contributed by atoms with Crippen LogP contribution in [-0.2, 0) is 28.6 Å². The molecule has 4 rings (SSSR count). The van der Waals surface area contributed by atoms with Crippen molar-refractivity contribution in [2.45, 2.75) is 62.9 Å². The Balaban J connectivity index is 1.40. The van der Waals surface area contributed by atoms with Crippen molar-refractivity contribution < 1.29 is 28.7 Å². The quantitative estimate of drug-likeness (QED) is 0.360. The van der Waals surface area contributed by atoms with Crippen molar-refractivity contribution in [3.8, 4) is 10.4 Å². The summed E-state index contributed by atoms with van der Waals surface area (Å²) in [6.07, 6.45) is 5.41. The Bertz CT molecular complexity index is 1130. The Kier molecular flexibility index (Phi) is 10.7. The molecule has 0 bridgehead atoms. The van der Waals surface area contributed by atoms with Crippen LogP contribution in [0, 0.1) is 0 Å². The fourth-order valence-electron chi connectivity index (χ4n) is 4.56. The standard InChI is InChI=1S/C28H37N3O6S2/c1-3-31(2)27(34)36-19-25(33)29-21-10-8-9-20(17-21)22-12-13-23(39-22)28(14-5-7-16-38-28)18-24(32)30-37-26-11-4-6-15-35-26/h8-10,12-13,17,26H,3-7,11,14-16,18-19H2,1-2H3,(H,29,33)(H,30,32)/t26?,28-/m0/s1. The van der Waals surface area contributed by atoms with Crippen LogP contribution in [-0.4, -0.2) is 61.7 Å². The van der Waals surface area contributed by atoms with Crippen LogP contribution in [0.1, 0.15) is 56.7 Å². The Morgan fingerprint density at radius 2 is 2.00 bits per heavy atom. The largest absolute Gasteiger partial charge is 0.439 e. The lowest BCUT2D eigenvalue weighted by Gasteiger charge is -2.35. The molecule has 9 nitrogen and oxygen atoms in total. The molecule has 1 unspecified atom stereocenters. The van der Waals surface area contributed by atoms with Crippen LogP contribution < -0.4 is 10.8 Å². The van der Waals surface area contributed by atoms with Crippen LogP contribution in [0.3, 0.4) is 0 Å². The zero-order valence-corrected chi connectivity index (χ0v) is 24.2. The second kappa shape index (κ2) is 14.2. The predicted molar refractivity (Wildman–Crippen MR) is 153 cm³/mol. The summed E-state index contributed by atoms with van der Waals surface area (Å²) < 4.78 is 10.3. The summed E-state index contributed by atoms with van der Waals surface area (Å²) in [6, 6.07) is 11.8. The number of ether oxygens (including phenoxy) is 2. The minimum atomic E-state index is -0.537. The van der Waals surface area contributed by atoms with Crippen molar-refractivity contribution >= 4 is 46.7 Å². The molecule has 2 fully saturated rings. The predicted octanol–water partition coefficient (Wildman–Crippen LogP) is 5.52. The second-order valence-corrected chi connectivity index (χ2v) is 12.3. The first-order valence-electron chi connectivity index (χ1n) is 13.5. The van der Waals surface area contributed by atoms with E-state index in [1.165, 1.54) is 4.90 Å². The molecule has 3 heterocycles. The molecule has 0 saturated carbocycles. The number of rotatable bonds is 10. The average molecular weight is 576 g/mol. The monoisotopic (exact) mass is 575 g/mol. The number of hydrogen-bond donors (Lipinski definition) is 2. The number of anilines is 1. The summed E-state index contributed by atoms with van der Waals surface area (Å²) in [7, 11) is 1.61. The van der Waals surface area contributed by atoms with Gasteiger partial charge in [-0.25, -0.2) is 15.1 Å². The zero-order valence-electron chi connectivity index (χ0n) is 22.5. The van der Waals surface area contributed by atoms with Gasteiger partial charge in [0.15, 0.2) is 12.9 Å². The molecule has 1 aromatic carbocycles. The van der Waals surface area contributed by atoms with Gasteiger partial charge >= 0.3 is 6.09 Å². The summed E-state index contributed by atoms with van der Waals surface area (Å²) in [5, 5.41) is 2.80. The number of thioether (sulfide) groups is 1. The maximum absolute atomic E-state index is 12.9. The molecular formula is C28H37N3O6S2. The molecular weight excluding hydrogens is 538 g/mol. The highest BCUT2D eigenvalue weighted by molar-refractivity contribution is 8.00. The summed E-state index contributed by atoms with van der Waals surface area (Å²) in [6.45, 7) is 2.63. The third-order valence-electron chi connectivity index (χ3n) is 6.84. The molecule has 0 radical (unpaired) electrons. The van der Waals surface area contributed by atoms with Crippen LogP contribution in [0.4, 0.5) is 10.5 Å². The van der Waals surface area contributed by atoms with Crippen molar-refractivity contribution in [3.05, 3.63) is 41.3 Å². The van der Waals surface area contributed by atoms with E-state index in [0.717, 1.165) is 59.6 Å². The molecule has 3 amide bonds. The highest BCUT2D eigenvalue weighted by Gasteiger charge is 2.38. The lowest BCUT2D eigenvalue weighted by Crippen LogP contribution is -2.37. The molecule has 2 aliphatic rings. The first-order chi connectivity index (χ1) is 18.9. The van der Waals surface area contributed by atoms with Gasteiger partial charge in [-0.1, -0.05) is 18.6 Å². The minimum absolute atomic E-state index is 0.135. The summed E-state index contributed by atoms with van der Waals surface area (Å²) in [4.78, 5) is 46.2. The highest BCUT2D eigenvalue weighted by atomic mass is 32.2. The maximum Gasteiger partial charge on any atom is 0.409 e. The van der Waals surface area contributed by atoms with Gasteiger partial charge in [0, 0.05) is 48.5 Å². The third-order valence-corrected chi connectivity index (χ3v) is 9.92. The van der Waals surface area contributed by atoms with Gasteiger partial charge in [0.1, 0.15) is 0 Å². The smallest absolute Gasteiger partial charge is 0.409 e. The first kappa shape index (κ1) is 29.4. The van der Waals surface area contributed by atoms with Gasteiger partial charge in [-0.15, -0.1) is 23.1 Å². The van der Waals surface area contributed by atoms with Crippen molar-refractivity contribution in [1.29, 1.82) is 0 Å². The van der Waals surface area contributed by atoms with Gasteiger partial charge in [0.05, 0.1) is 4.75 Å². The van der Waals surface area contributed by atoms with Gasteiger partial charge in [-0.05, 0) is 68.2 Å². The molecule has 1 aromatic heterocycles. The molecule has 0 spiro atoms. The number of hydrogen-bond acceptors (Lipinski definition) is 8. The van der Waals surface area contributed by atoms with Gasteiger partial charge in [-0.2, -0.15) is 0 Å². The molecule has 39 heavy (non-hydrogen) atoms. The van der Waals surface area contributed by atoms with E-state index in [9.17, 15) is 14.4 Å². The van der Waals surface area contributed by atoms with E-state index in [4.69, 9.17) is 14.3 Å². The highest BCUT2D eigenvalue weighted by Crippen LogP contribution is 2.51. The second-order valence-electron chi connectivity index (χ2n) is 9.78. The Morgan fingerprint density at radius 3 is 2.74 bits per heavy atom. The number of thiophene rings is 1. The average Bonchev–Trinajstić information content (AvgIpc) is 3.47. The number of nitrogens with zero attached hydrogens (tertiary/aromatic N) is 1. The zero-order chi connectivity index (χ0) is 27.7. The molecule has 11 heteroatoms. The number of amides is 3. The Hall–Kier alpha value is -2.60. The Morgan fingerprint density at radius 1 is 1.13 bits per heavy atom. The normalized spacial score (nSPS) is 21.1. The van der Waals surface area contributed by atoms with Crippen LogP contribution in [0.5, 0.6) is 0 Å². The van der Waals surface area contributed by atoms with Crippen molar-refractivity contribution in [2.75, 3.05) is 37.9 Å². The first-order valence-corrected chi connectivity index (χ1v) is 15.3. The van der Waals surface area contributed by atoms with E-state index in [1.807, 2.05) is 36.9 Å². The van der Waals surface area contributed by atoms with E-state index in [1.54, 1.807) is 24.5 Å². The van der Waals surface area contributed by atoms with Crippen LogP contribution in [0.15, 0.2) is 36.4 Å². The van der Waals surface area contributed by atoms with Crippen molar-refractivity contribution in [2.24, 2.45) is 0 Å². The summed E-state index contributed by atoms with van der Waals surface area (Å²) in [5.41, 5.74) is 4.22. The number of carbonyl (C=O) groups is 3. The lowest BCUT2D eigenvalue weighted by molar-refractivity contribution is -0.200. The number of nitrogens with one attached hydrogen (secondary N) is 2. The Labute approximate surface area is 237 Å². The maximum atomic E-state index is 12.9. The van der Waals surface area contributed by atoms with Crippen molar-refractivity contribution in [1.82, 2.24) is 10.4 Å². The molecule has 2 N–H and O–H groups in total. The molecule has 2 saturated heterocycles. The number of benzene rings is 1. The topological polar surface area (TPSA) is 106 Å². The van der Waals surface area contributed by atoms with Gasteiger partial charge in [-0.3, -0.25) is 9.59 Å². The molecule has 2 aromatic rings. The molecule has 0 aliphatic carbocycles. The third kappa shape index (κ3) is 8.20. The minimum Gasteiger partial charge on any atom is -0.439 e. The summed E-state index contributed by atoms with van der Waals surface area (Å²) >= 11 is 3.52. The fraction of sp³-hybridized carbons (Fsp3) is 0.536. The van der Waals surface area contributed by atoms with Crippen LogP contribution >= 0.6 is 23.1 Å². The van der Waals surface area contributed by atoms with Gasteiger partial charge < -0.3 is 19.7 Å². The van der Waals surface area contributed by atoms with E-state index in [2.05, 4.69) is 22.9 Å². The molecule has 2 aliphatic heterocycles. The van der Waals surface area contributed by atoms with Gasteiger partial charge in [0.25, 0.3) is 5.91 Å². The molecule has 212 valence electrons. The van der Waals surface area contributed by atoms with Crippen molar-refractivity contribution in [3.63, 3.8) is 0 Å². The number of hydroxylamine groups is 1. The van der Waals surface area contributed by atoms with Crippen LogP contribution in [0.2, 0.25) is 0 Å². The SMILES string of the molecule is CCN(C)C(=O)OCC(=O)Nc1cccc(-c2ccc([C@@]3(CC(=O)NOC4CCCCO4)CCCCS3)s2)c1. The number of carbonyl (C=O) groups excluding carboxylic acids is 3. The molecule has 2 atom stereocenters. The van der Waals surface area contributed by atoms with E-state index >= 15 is 0 Å². The summed E-state index contributed by atoms with van der Waals surface area (Å²) in [5.74, 6) is 0.470. The van der Waals surface area contributed by atoms with E-state index < -0.39 is 12.0 Å². The fourth-order valence-corrected chi connectivity index (χ4v) is 7.44. The van der Waals surface area contributed by atoms with E-state index in [0.29, 0.717) is 25.3 Å². The van der Waals surface area contributed by atoms with E-state index in [-0.39, 0.29) is 23.6 Å². The lowest BCUT2D eigenvalue weighted by atomic mass is 9.94.